The number of methoxy groups -OCH3 is 1. The maximum Gasteiger partial charge on any atom is 0.337 e. The summed E-state index contributed by atoms with van der Waals surface area (Å²) in [5.41, 5.74) is 4.11. The summed E-state index contributed by atoms with van der Waals surface area (Å²) in [6.45, 7) is 3.94. The number of ether oxygens (including phenoxy) is 1. The minimum atomic E-state index is -0.431. The summed E-state index contributed by atoms with van der Waals surface area (Å²) < 4.78 is 4.72. The van der Waals surface area contributed by atoms with E-state index in [2.05, 4.69) is 20.6 Å². The highest BCUT2D eigenvalue weighted by molar-refractivity contribution is 6.03. The van der Waals surface area contributed by atoms with E-state index in [9.17, 15) is 9.59 Å². The molecule has 0 radical (unpaired) electrons. The normalized spacial score (nSPS) is 10.2. The van der Waals surface area contributed by atoms with Crippen LogP contribution in [-0.2, 0) is 4.74 Å². The lowest BCUT2D eigenvalue weighted by Crippen LogP contribution is -2.15. The van der Waals surface area contributed by atoms with Crippen molar-refractivity contribution in [2.45, 2.75) is 13.8 Å². The highest BCUT2D eigenvalue weighted by atomic mass is 16.5. The van der Waals surface area contributed by atoms with E-state index >= 15 is 0 Å². The molecule has 0 fully saturated rings. The largest absolute Gasteiger partial charge is 0.465 e. The Kier molecular flexibility index (Phi) is 5.64. The molecule has 7 heteroatoms. The third kappa shape index (κ3) is 4.32. The number of nitrogens with one attached hydrogen (secondary N) is 2. The zero-order valence-corrected chi connectivity index (χ0v) is 15.8. The Labute approximate surface area is 162 Å². The smallest absolute Gasteiger partial charge is 0.337 e. The first-order chi connectivity index (χ1) is 13.5. The number of nitrogens with zero attached hydrogens (tertiary/aromatic N) is 2. The highest BCUT2D eigenvalue weighted by Crippen LogP contribution is 2.20. The van der Waals surface area contributed by atoms with Gasteiger partial charge in [0.05, 0.1) is 12.7 Å². The van der Waals surface area contributed by atoms with Crippen LogP contribution in [0.25, 0.3) is 0 Å². The number of esters is 1. The third-order valence-electron chi connectivity index (χ3n) is 4.31. The van der Waals surface area contributed by atoms with E-state index < -0.39 is 5.97 Å². The van der Waals surface area contributed by atoms with Crippen molar-refractivity contribution < 1.29 is 14.3 Å². The number of anilines is 3. The molecule has 7 nitrogen and oxygen atoms in total. The van der Waals surface area contributed by atoms with Crippen molar-refractivity contribution in [3.05, 3.63) is 77.2 Å². The van der Waals surface area contributed by atoms with Crippen LogP contribution in [0.15, 0.2) is 54.9 Å². The Bertz CT molecular complexity index is 1030. The molecule has 3 rings (SSSR count). The first-order valence-corrected chi connectivity index (χ1v) is 8.63. The van der Waals surface area contributed by atoms with Gasteiger partial charge in [-0.1, -0.05) is 18.2 Å². The van der Waals surface area contributed by atoms with Crippen LogP contribution in [0.5, 0.6) is 0 Å². The number of carbonyl (C=O) groups excluding carboxylic acids is 2. The lowest BCUT2D eigenvalue weighted by atomic mass is 10.1. The van der Waals surface area contributed by atoms with E-state index in [0.717, 1.165) is 16.8 Å². The molecule has 2 N–H and O–H groups in total. The molecule has 0 saturated carbocycles. The van der Waals surface area contributed by atoms with Gasteiger partial charge >= 0.3 is 5.97 Å². The molecule has 142 valence electrons. The molecular weight excluding hydrogens is 356 g/mol. The zero-order valence-electron chi connectivity index (χ0n) is 15.8. The van der Waals surface area contributed by atoms with Gasteiger partial charge in [0.1, 0.15) is 17.8 Å². The molecule has 0 bridgehead atoms. The van der Waals surface area contributed by atoms with Gasteiger partial charge in [0.25, 0.3) is 5.91 Å². The van der Waals surface area contributed by atoms with Crippen LogP contribution >= 0.6 is 0 Å². The molecule has 0 aliphatic heterocycles. The number of carbonyl (C=O) groups is 2. The Morgan fingerprint density at radius 1 is 1.00 bits per heavy atom. The molecule has 1 aromatic heterocycles. The quantitative estimate of drug-likeness (QED) is 0.657. The molecule has 0 unspecified atom stereocenters. The van der Waals surface area contributed by atoms with E-state index in [1.165, 1.54) is 13.4 Å². The molecule has 0 aliphatic carbocycles. The van der Waals surface area contributed by atoms with Crippen molar-refractivity contribution in [2.24, 2.45) is 0 Å². The molecule has 1 amide bonds. The summed E-state index contributed by atoms with van der Waals surface area (Å²) in [6.07, 6.45) is 1.31. The molecular formula is C21H20N4O3. The topological polar surface area (TPSA) is 93.2 Å². The predicted octanol–water partition coefficient (Wildman–Crippen LogP) is 3.88. The fourth-order valence-electron chi connectivity index (χ4n) is 2.61. The monoisotopic (exact) mass is 376 g/mol. The number of amides is 1. The minimum absolute atomic E-state index is 0.225. The second-order valence-electron chi connectivity index (χ2n) is 6.19. The van der Waals surface area contributed by atoms with Crippen molar-refractivity contribution in [3.63, 3.8) is 0 Å². The fraction of sp³-hybridized carbons (Fsp3) is 0.143. The molecule has 0 spiro atoms. The third-order valence-corrected chi connectivity index (χ3v) is 4.31. The van der Waals surface area contributed by atoms with Crippen LogP contribution in [0.1, 0.15) is 32.0 Å². The molecule has 28 heavy (non-hydrogen) atoms. The van der Waals surface area contributed by atoms with Crippen molar-refractivity contribution in [3.8, 4) is 0 Å². The summed E-state index contributed by atoms with van der Waals surface area (Å²) in [6, 6.07) is 14.1. The molecule has 0 saturated heterocycles. The van der Waals surface area contributed by atoms with E-state index in [1.807, 2.05) is 32.0 Å². The fourth-order valence-corrected chi connectivity index (χ4v) is 2.61. The Morgan fingerprint density at radius 2 is 1.79 bits per heavy atom. The number of aromatic nitrogens is 2. The van der Waals surface area contributed by atoms with E-state index in [-0.39, 0.29) is 11.6 Å². The Morgan fingerprint density at radius 3 is 2.57 bits per heavy atom. The molecule has 3 aromatic rings. The van der Waals surface area contributed by atoms with Gasteiger partial charge in [0.2, 0.25) is 0 Å². The first-order valence-electron chi connectivity index (χ1n) is 8.63. The van der Waals surface area contributed by atoms with Gasteiger partial charge in [-0.15, -0.1) is 0 Å². The second kappa shape index (κ2) is 8.30. The van der Waals surface area contributed by atoms with Crippen LogP contribution in [0, 0.1) is 13.8 Å². The predicted molar refractivity (Wildman–Crippen MR) is 107 cm³/mol. The molecule has 0 atom stereocenters. The number of aryl methyl sites for hydroxylation is 1. The van der Waals surface area contributed by atoms with Crippen molar-refractivity contribution in [2.75, 3.05) is 17.7 Å². The number of hydrogen-bond donors (Lipinski definition) is 2. The summed E-state index contributed by atoms with van der Waals surface area (Å²) in [7, 11) is 1.33. The Balaban J connectivity index is 1.78. The van der Waals surface area contributed by atoms with Crippen LogP contribution < -0.4 is 10.6 Å². The van der Waals surface area contributed by atoms with Gasteiger partial charge in [-0.2, -0.15) is 0 Å². The van der Waals surface area contributed by atoms with Crippen molar-refractivity contribution >= 4 is 29.1 Å². The van der Waals surface area contributed by atoms with E-state index in [4.69, 9.17) is 4.74 Å². The SMILES string of the molecule is COC(=O)c1cccc(Nc2cc(C(=O)Nc3cccc(C)c3C)ncn2)c1. The van der Waals surface area contributed by atoms with Crippen molar-refractivity contribution in [1.29, 1.82) is 0 Å². The summed E-state index contributed by atoms with van der Waals surface area (Å²) >= 11 is 0. The van der Waals surface area contributed by atoms with Gasteiger partial charge in [0, 0.05) is 17.4 Å². The van der Waals surface area contributed by atoms with Crippen LogP contribution in [-0.4, -0.2) is 29.0 Å². The maximum atomic E-state index is 12.6. The molecule has 1 heterocycles. The average molecular weight is 376 g/mol. The summed E-state index contributed by atoms with van der Waals surface area (Å²) in [5.74, 6) is -0.328. The molecule has 0 aliphatic rings. The highest BCUT2D eigenvalue weighted by Gasteiger charge is 2.12. The second-order valence-corrected chi connectivity index (χ2v) is 6.19. The number of rotatable bonds is 5. The van der Waals surface area contributed by atoms with Gasteiger partial charge in [-0.25, -0.2) is 14.8 Å². The van der Waals surface area contributed by atoms with E-state index in [1.54, 1.807) is 30.3 Å². The lowest BCUT2D eigenvalue weighted by Gasteiger charge is -2.11. The van der Waals surface area contributed by atoms with Crippen molar-refractivity contribution in [1.82, 2.24) is 9.97 Å². The Hall–Kier alpha value is -3.74. The van der Waals surface area contributed by atoms with Gasteiger partial charge in [-0.3, -0.25) is 4.79 Å². The van der Waals surface area contributed by atoms with Gasteiger partial charge in [-0.05, 0) is 49.2 Å². The minimum Gasteiger partial charge on any atom is -0.465 e. The van der Waals surface area contributed by atoms with Gasteiger partial charge in [0.15, 0.2) is 0 Å². The van der Waals surface area contributed by atoms with Crippen LogP contribution in [0.4, 0.5) is 17.2 Å². The zero-order chi connectivity index (χ0) is 20.1. The van der Waals surface area contributed by atoms with Crippen LogP contribution in [0.2, 0.25) is 0 Å². The number of benzene rings is 2. The summed E-state index contributed by atoms with van der Waals surface area (Å²) in [4.78, 5) is 32.4. The maximum absolute atomic E-state index is 12.6. The van der Waals surface area contributed by atoms with Crippen LogP contribution in [0.3, 0.4) is 0 Å². The first kappa shape index (κ1) is 19.0. The molecule has 2 aromatic carbocycles. The standard InChI is InChI=1S/C21H20N4O3/c1-13-6-4-9-17(14(13)2)25-20(26)18-11-19(23-12-22-18)24-16-8-5-7-15(10-16)21(27)28-3/h4-12H,1-3H3,(H,25,26)(H,22,23,24). The number of hydrogen-bond acceptors (Lipinski definition) is 6. The average Bonchev–Trinajstić information content (AvgIpc) is 2.71. The summed E-state index contributed by atoms with van der Waals surface area (Å²) in [5, 5.41) is 5.94. The van der Waals surface area contributed by atoms with E-state index in [0.29, 0.717) is 17.1 Å². The lowest BCUT2D eigenvalue weighted by molar-refractivity contribution is 0.0600. The van der Waals surface area contributed by atoms with Gasteiger partial charge < -0.3 is 15.4 Å².